The van der Waals surface area contributed by atoms with Crippen LogP contribution in [0.4, 0.5) is 5.13 Å². The molecule has 2 heterocycles. The zero-order valence-corrected chi connectivity index (χ0v) is 13.5. The first-order chi connectivity index (χ1) is 9.81. The van der Waals surface area contributed by atoms with Gasteiger partial charge in [-0.15, -0.1) is 11.3 Å². The zero-order valence-electron chi connectivity index (χ0n) is 11.8. The minimum atomic E-state index is 0.615. The summed E-state index contributed by atoms with van der Waals surface area (Å²) in [5.41, 5.74) is 8.48. The van der Waals surface area contributed by atoms with E-state index in [1.807, 2.05) is 0 Å². The van der Waals surface area contributed by atoms with Crippen LogP contribution in [-0.2, 0) is 19.5 Å². The van der Waals surface area contributed by atoms with Gasteiger partial charge in [-0.2, -0.15) is 11.3 Å². The molecule has 0 amide bonds. The number of rotatable bonds is 7. The van der Waals surface area contributed by atoms with Crippen molar-refractivity contribution in [1.29, 1.82) is 0 Å². The third-order valence-electron chi connectivity index (χ3n) is 3.61. The van der Waals surface area contributed by atoms with Crippen molar-refractivity contribution in [2.45, 2.75) is 51.7 Å². The highest BCUT2D eigenvalue weighted by atomic mass is 32.1. The van der Waals surface area contributed by atoms with Gasteiger partial charge in [0, 0.05) is 24.0 Å². The molecule has 1 saturated carbocycles. The quantitative estimate of drug-likeness (QED) is 0.846. The second-order valence-corrected chi connectivity index (χ2v) is 7.15. The Morgan fingerprint density at radius 1 is 1.45 bits per heavy atom. The van der Waals surface area contributed by atoms with Crippen molar-refractivity contribution >= 4 is 27.8 Å². The predicted molar refractivity (Wildman–Crippen MR) is 87.5 cm³/mol. The van der Waals surface area contributed by atoms with Crippen LogP contribution in [0.2, 0.25) is 0 Å². The summed E-state index contributed by atoms with van der Waals surface area (Å²) in [5.74, 6) is 0. The highest BCUT2D eigenvalue weighted by Gasteiger charge is 2.31. The van der Waals surface area contributed by atoms with Crippen LogP contribution in [0.15, 0.2) is 16.8 Å². The second kappa shape index (κ2) is 6.24. The van der Waals surface area contributed by atoms with Gasteiger partial charge in [-0.3, -0.25) is 0 Å². The molecule has 0 saturated heterocycles. The lowest BCUT2D eigenvalue weighted by atomic mass is 10.2. The topological polar surface area (TPSA) is 42.2 Å². The molecule has 0 aliphatic heterocycles. The van der Waals surface area contributed by atoms with Crippen molar-refractivity contribution in [2.24, 2.45) is 5.73 Å². The minimum absolute atomic E-state index is 0.615. The van der Waals surface area contributed by atoms with E-state index in [1.54, 1.807) is 22.7 Å². The van der Waals surface area contributed by atoms with Crippen LogP contribution in [-0.4, -0.2) is 11.0 Å². The second-order valence-electron chi connectivity index (χ2n) is 5.31. The molecule has 20 heavy (non-hydrogen) atoms. The highest BCUT2D eigenvalue weighted by molar-refractivity contribution is 7.15. The molecule has 2 aromatic rings. The molecule has 3 nitrogen and oxygen atoms in total. The molecule has 1 aliphatic rings. The summed E-state index contributed by atoms with van der Waals surface area (Å²) in [5, 5.41) is 5.55. The minimum Gasteiger partial charge on any atom is -0.341 e. The number of nitrogens with zero attached hydrogens (tertiary/aromatic N) is 2. The fourth-order valence-corrected chi connectivity index (χ4v) is 4.12. The Balaban J connectivity index is 1.83. The molecule has 0 unspecified atom stereocenters. The zero-order chi connectivity index (χ0) is 13.9. The highest BCUT2D eigenvalue weighted by Crippen LogP contribution is 2.37. The van der Waals surface area contributed by atoms with E-state index in [0.717, 1.165) is 19.4 Å². The van der Waals surface area contributed by atoms with Gasteiger partial charge in [-0.05, 0) is 41.7 Å². The van der Waals surface area contributed by atoms with E-state index < -0.39 is 0 Å². The molecule has 2 aromatic heterocycles. The molecular weight excluding hydrogens is 286 g/mol. The Hall–Kier alpha value is -0.910. The van der Waals surface area contributed by atoms with Crippen molar-refractivity contribution in [3.63, 3.8) is 0 Å². The van der Waals surface area contributed by atoms with Crippen LogP contribution >= 0.6 is 22.7 Å². The van der Waals surface area contributed by atoms with Crippen LogP contribution in [0, 0.1) is 0 Å². The molecule has 5 heteroatoms. The number of aromatic nitrogens is 1. The van der Waals surface area contributed by atoms with Gasteiger partial charge in [0.05, 0.1) is 5.69 Å². The lowest BCUT2D eigenvalue weighted by molar-refractivity contribution is 0.783. The Labute approximate surface area is 128 Å². The standard InChI is InChI=1S/C15H21N3S2/c1-2-3-13-14(8-16)20-15(17-13)18(12-4-5-12)9-11-6-7-19-10-11/h6-7,10,12H,2-5,8-9,16H2,1H3. The molecule has 0 spiro atoms. The van der Waals surface area contributed by atoms with Gasteiger partial charge in [0.15, 0.2) is 5.13 Å². The Morgan fingerprint density at radius 2 is 2.30 bits per heavy atom. The van der Waals surface area contributed by atoms with Gasteiger partial charge >= 0.3 is 0 Å². The van der Waals surface area contributed by atoms with Gasteiger partial charge < -0.3 is 10.6 Å². The Bertz CT molecular complexity index is 543. The van der Waals surface area contributed by atoms with E-state index in [9.17, 15) is 0 Å². The number of anilines is 1. The van der Waals surface area contributed by atoms with Crippen LogP contribution in [0.3, 0.4) is 0 Å². The maximum Gasteiger partial charge on any atom is 0.186 e. The maximum absolute atomic E-state index is 5.88. The lowest BCUT2D eigenvalue weighted by Gasteiger charge is -2.20. The molecule has 0 aromatic carbocycles. The summed E-state index contributed by atoms with van der Waals surface area (Å²) < 4.78 is 0. The molecule has 0 atom stereocenters. The number of nitrogens with two attached hydrogens (primary N) is 1. The van der Waals surface area contributed by atoms with E-state index in [0.29, 0.717) is 12.6 Å². The van der Waals surface area contributed by atoms with Gasteiger partial charge in [0.2, 0.25) is 0 Å². The maximum atomic E-state index is 5.88. The molecule has 2 N–H and O–H groups in total. The van der Waals surface area contributed by atoms with E-state index in [1.165, 1.54) is 34.1 Å². The lowest BCUT2D eigenvalue weighted by Crippen LogP contribution is -2.24. The number of thiazole rings is 1. The molecule has 108 valence electrons. The Kier molecular flexibility index (Phi) is 4.38. The van der Waals surface area contributed by atoms with Crippen LogP contribution in [0.1, 0.15) is 42.3 Å². The number of aryl methyl sites for hydroxylation is 1. The first-order valence-corrected chi connectivity index (χ1v) is 9.04. The van der Waals surface area contributed by atoms with Gasteiger partial charge in [-0.25, -0.2) is 4.98 Å². The van der Waals surface area contributed by atoms with E-state index in [4.69, 9.17) is 10.7 Å². The average Bonchev–Trinajstić information content (AvgIpc) is 3.00. The Morgan fingerprint density at radius 3 is 2.90 bits per heavy atom. The van der Waals surface area contributed by atoms with Crippen LogP contribution in [0.5, 0.6) is 0 Å². The molecular formula is C15H21N3S2. The molecule has 3 rings (SSSR count). The third-order valence-corrected chi connectivity index (χ3v) is 5.49. The number of hydrogen-bond acceptors (Lipinski definition) is 5. The smallest absolute Gasteiger partial charge is 0.186 e. The summed E-state index contributed by atoms with van der Waals surface area (Å²) >= 11 is 3.56. The molecule has 0 radical (unpaired) electrons. The normalized spacial score (nSPS) is 14.7. The van der Waals surface area contributed by atoms with Crippen molar-refractivity contribution in [3.05, 3.63) is 33.0 Å². The van der Waals surface area contributed by atoms with E-state index >= 15 is 0 Å². The van der Waals surface area contributed by atoms with E-state index in [2.05, 4.69) is 28.7 Å². The number of hydrogen-bond donors (Lipinski definition) is 1. The van der Waals surface area contributed by atoms with Crippen molar-refractivity contribution in [2.75, 3.05) is 4.90 Å². The van der Waals surface area contributed by atoms with Gasteiger partial charge in [0.1, 0.15) is 0 Å². The van der Waals surface area contributed by atoms with Gasteiger partial charge in [-0.1, -0.05) is 13.3 Å². The van der Waals surface area contributed by atoms with Crippen molar-refractivity contribution in [1.82, 2.24) is 4.98 Å². The SMILES string of the molecule is CCCc1nc(N(Cc2ccsc2)C2CC2)sc1CN. The van der Waals surface area contributed by atoms with Crippen molar-refractivity contribution in [3.8, 4) is 0 Å². The number of thiophene rings is 1. The fourth-order valence-electron chi connectivity index (χ4n) is 2.40. The third kappa shape index (κ3) is 3.05. The summed E-state index contributed by atoms with van der Waals surface area (Å²) in [6, 6.07) is 2.89. The fraction of sp³-hybridized carbons (Fsp3) is 0.533. The molecule has 0 bridgehead atoms. The summed E-state index contributed by atoms with van der Waals surface area (Å²) in [6.07, 6.45) is 4.76. The summed E-state index contributed by atoms with van der Waals surface area (Å²) in [7, 11) is 0. The van der Waals surface area contributed by atoms with Crippen LogP contribution < -0.4 is 10.6 Å². The van der Waals surface area contributed by atoms with Gasteiger partial charge in [0.25, 0.3) is 0 Å². The van der Waals surface area contributed by atoms with E-state index in [-0.39, 0.29) is 0 Å². The first kappa shape index (κ1) is 14.0. The molecule has 1 aliphatic carbocycles. The predicted octanol–water partition coefficient (Wildman–Crippen LogP) is 3.78. The largest absolute Gasteiger partial charge is 0.341 e. The van der Waals surface area contributed by atoms with Crippen molar-refractivity contribution < 1.29 is 0 Å². The molecule has 1 fully saturated rings. The summed E-state index contributed by atoms with van der Waals surface area (Å²) in [6.45, 7) is 3.80. The summed E-state index contributed by atoms with van der Waals surface area (Å²) in [4.78, 5) is 8.62. The monoisotopic (exact) mass is 307 g/mol. The van der Waals surface area contributed by atoms with Crippen LogP contribution in [0.25, 0.3) is 0 Å². The average molecular weight is 307 g/mol. The first-order valence-electron chi connectivity index (χ1n) is 7.28.